The average molecular weight is 441 g/mol. The van der Waals surface area contributed by atoms with E-state index in [2.05, 4.69) is 14.9 Å². The Bertz CT molecular complexity index is 1160. The van der Waals surface area contributed by atoms with Gasteiger partial charge in [-0.15, -0.1) is 0 Å². The highest BCUT2D eigenvalue weighted by Gasteiger charge is 2.25. The molecular formula is C23H28N4O3S. The van der Waals surface area contributed by atoms with Crippen molar-refractivity contribution in [3.63, 3.8) is 0 Å². The van der Waals surface area contributed by atoms with Gasteiger partial charge in [0.2, 0.25) is 10.0 Å². The number of sulfonamides is 1. The molecule has 8 heteroatoms. The van der Waals surface area contributed by atoms with E-state index in [9.17, 15) is 13.2 Å². The molecule has 31 heavy (non-hydrogen) atoms. The van der Waals surface area contributed by atoms with Gasteiger partial charge in [-0.25, -0.2) is 13.4 Å². The lowest BCUT2D eigenvalue weighted by Crippen LogP contribution is -2.32. The molecule has 2 aromatic carbocycles. The molecule has 7 nitrogen and oxygen atoms in total. The Kier molecular flexibility index (Phi) is 6.38. The number of carbonyl (C=O) groups is 1. The molecule has 2 heterocycles. The maximum atomic E-state index is 12.9. The quantitative estimate of drug-likeness (QED) is 0.637. The van der Waals surface area contributed by atoms with Crippen LogP contribution in [0.15, 0.2) is 53.4 Å². The van der Waals surface area contributed by atoms with Crippen molar-refractivity contribution in [2.45, 2.75) is 44.0 Å². The SMILES string of the molecule is Cc1nc2ccccc2n1CCNC(=O)c1ccc(S(=O)(=O)N2CCCCCC2)cc1. The van der Waals surface area contributed by atoms with Crippen LogP contribution in [0.5, 0.6) is 0 Å². The molecule has 0 bridgehead atoms. The molecule has 4 rings (SSSR count). The van der Waals surface area contributed by atoms with Gasteiger partial charge in [0.05, 0.1) is 15.9 Å². The van der Waals surface area contributed by atoms with Gasteiger partial charge in [-0.3, -0.25) is 4.79 Å². The minimum absolute atomic E-state index is 0.221. The second kappa shape index (κ2) is 9.20. The maximum Gasteiger partial charge on any atom is 0.251 e. The Hall–Kier alpha value is -2.71. The van der Waals surface area contributed by atoms with Gasteiger partial charge in [0.25, 0.3) is 5.91 Å². The lowest BCUT2D eigenvalue weighted by atomic mass is 10.2. The zero-order chi connectivity index (χ0) is 21.8. The molecule has 1 aromatic heterocycles. The van der Waals surface area contributed by atoms with Crippen LogP contribution in [0.3, 0.4) is 0 Å². The van der Waals surface area contributed by atoms with Crippen LogP contribution in [0, 0.1) is 6.92 Å². The minimum atomic E-state index is -3.51. The second-order valence-electron chi connectivity index (χ2n) is 7.90. The fourth-order valence-corrected chi connectivity index (χ4v) is 5.59. The highest BCUT2D eigenvalue weighted by molar-refractivity contribution is 7.89. The van der Waals surface area contributed by atoms with E-state index in [1.54, 1.807) is 16.4 Å². The van der Waals surface area contributed by atoms with Crippen molar-refractivity contribution in [3.8, 4) is 0 Å². The summed E-state index contributed by atoms with van der Waals surface area (Å²) in [6.45, 7) is 4.14. The summed E-state index contributed by atoms with van der Waals surface area (Å²) in [5.41, 5.74) is 2.42. The van der Waals surface area contributed by atoms with Gasteiger partial charge in [0, 0.05) is 31.7 Å². The number of aromatic nitrogens is 2. The molecule has 3 aromatic rings. The van der Waals surface area contributed by atoms with Crippen molar-refractivity contribution < 1.29 is 13.2 Å². The van der Waals surface area contributed by atoms with E-state index < -0.39 is 10.0 Å². The zero-order valence-electron chi connectivity index (χ0n) is 17.8. The zero-order valence-corrected chi connectivity index (χ0v) is 18.6. The van der Waals surface area contributed by atoms with Gasteiger partial charge in [0.15, 0.2) is 0 Å². The van der Waals surface area contributed by atoms with E-state index in [-0.39, 0.29) is 10.8 Å². The molecule has 164 valence electrons. The summed E-state index contributed by atoms with van der Waals surface area (Å²) in [5.74, 6) is 0.680. The number of fused-ring (bicyclic) bond motifs is 1. The molecule has 0 unspecified atom stereocenters. The lowest BCUT2D eigenvalue weighted by Gasteiger charge is -2.20. The number of hydrogen-bond acceptors (Lipinski definition) is 4. The first-order valence-electron chi connectivity index (χ1n) is 10.8. The van der Waals surface area contributed by atoms with Gasteiger partial charge in [-0.1, -0.05) is 25.0 Å². The summed E-state index contributed by atoms with van der Waals surface area (Å²) in [4.78, 5) is 17.3. The van der Waals surface area contributed by atoms with Crippen LogP contribution in [-0.2, 0) is 16.6 Å². The molecule has 0 spiro atoms. The summed E-state index contributed by atoms with van der Waals surface area (Å²) in [6, 6.07) is 14.1. The smallest absolute Gasteiger partial charge is 0.251 e. The monoisotopic (exact) mass is 440 g/mol. The standard InChI is InChI=1S/C23H28N4O3S/c1-18-25-21-8-4-5-9-22(21)27(18)17-14-24-23(28)19-10-12-20(13-11-19)31(29,30)26-15-6-2-3-7-16-26/h4-5,8-13H,2-3,6-7,14-17H2,1H3,(H,24,28). The van der Waals surface area contributed by atoms with Gasteiger partial charge in [0.1, 0.15) is 5.82 Å². The average Bonchev–Trinajstić information content (AvgIpc) is 2.94. The van der Waals surface area contributed by atoms with E-state index >= 15 is 0 Å². The van der Waals surface area contributed by atoms with Crippen molar-refractivity contribution in [2.24, 2.45) is 0 Å². The predicted molar refractivity (Wildman–Crippen MR) is 120 cm³/mol. The van der Waals surface area contributed by atoms with E-state index in [0.29, 0.717) is 31.7 Å². The number of para-hydroxylation sites is 2. The number of nitrogens with one attached hydrogen (secondary N) is 1. The number of carbonyl (C=O) groups excluding carboxylic acids is 1. The summed E-state index contributed by atoms with van der Waals surface area (Å²) in [6.07, 6.45) is 3.93. The van der Waals surface area contributed by atoms with Gasteiger partial charge in [-0.2, -0.15) is 4.31 Å². The number of aryl methyl sites for hydroxylation is 1. The minimum Gasteiger partial charge on any atom is -0.350 e. The first-order chi connectivity index (χ1) is 15.0. The molecule has 1 aliphatic rings. The van der Waals surface area contributed by atoms with Crippen LogP contribution < -0.4 is 5.32 Å². The molecular weight excluding hydrogens is 412 g/mol. The fraction of sp³-hybridized carbons (Fsp3) is 0.391. The first-order valence-corrected chi connectivity index (χ1v) is 12.2. The van der Waals surface area contributed by atoms with Crippen molar-refractivity contribution in [2.75, 3.05) is 19.6 Å². The third kappa shape index (κ3) is 4.65. The Morgan fingerprint density at radius 3 is 2.39 bits per heavy atom. The Morgan fingerprint density at radius 1 is 1.00 bits per heavy atom. The number of imidazole rings is 1. The highest BCUT2D eigenvalue weighted by Crippen LogP contribution is 2.21. The predicted octanol–water partition coefficient (Wildman–Crippen LogP) is 3.34. The largest absolute Gasteiger partial charge is 0.350 e. The van der Waals surface area contributed by atoms with Gasteiger partial charge in [-0.05, 0) is 56.2 Å². The first kappa shape index (κ1) is 21.5. The van der Waals surface area contributed by atoms with Crippen LogP contribution in [0.4, 0.5) is 0 Å². The summed E-state index contributed by atoms with van der Waals surface area (Å²) >= 11 is 0. The van der Waals surface area contributed by atoms with Crippen LogP contribution in [0.2, 0.25) is 0 Å². The molecule has 1 saturated heterocycles. The van der Waals surface area contributed by atoms with Crippen molar-refractivity contribution in [3.05, 3.63) is 59.9 Å². The van der Waals surface area contributed by atoms with E-state index in [4.69, 9.17) is 0 Å². The third-order valence-corrected chi connectivity index (χ3v) is 7.70. The van der Waals surface area contributed by atoms with Crippen molar-refractivity contribution >= 4 is 27.0 Å². The van der Waals surface area contributed by atoms with Crippen LogP contribution in [0.25, 0.3) is 11.0 Å². The van der Waals surface area contributed by atoms with Crippen LogP contribution >= 0.6 is 0 Å². The van der Waals surface area contributed by atoms with Gasteiger partial charge < -0.3 is 9.88 Å². The molecule has 1 amide bonds. The Labute approximate surface area is 183 Å². The molecule has 1 fully saturated rings. The Morgan fingerprint density at radius 2 is 1.68 bits per heavy atom. The third-order valence-electron chi connectivity index (χ3n) is 5.79. The number of rotatable bonds is 6. The maximum absolute atomic E-state index is 12.9. The second-order valence-corrected chi connectivity index (χ2v) is 9.84. The molecule has 0 saturated carbocycles. The lowest BCUT2D eigenvalue weighted by molar-refractivity contribution is 0.0952. The number of hydrogen-bond donors (Lipinski definition) is 1. The van der Waals surface area contributed by atoms with Crippen molar-refractivity contribution in [1.29, 1.82) is 0 Å². The summed E-state index contributed by atoms with van der Waals surface area (Å²) in [5, 5.41) is 2.91. The van der Waals surface area contributed by atoms with Gasteiger partial charge >= 0.3 is 0 Å². The van der Waals surface area contributed by atoms with E-state index in [0.717, 1.165) is 42.5 Å². The number of amides is 1. The molecule has 0 atom stereocenters. The van der Waals surface area contributed by atoms with E-state index in [1.807, 2.05) is 31.2 Å². The fourth-order valence-electron chi connectivity index (χ4n) is 4.07. The summed E-state index contributed by atoms with van der Waals surface area (Å²) in [7, 11) is -3.51. The molecule has 1 aliphatic heterocycles. The normalized spacial score (nSPS) is 15.6. The number of benzene rings is 2. The van der Waals surface area contributed by atoms with E-state index in [1.165, 1.54) is 12.1 Å². The summed E-state index contributed by atoms with van der Waals surface area (Å²) < 4.78 is 29.4. The Balaban J connectivity index is 1.38. The van der Waals surface area contributed by atoms with Crippen LogP contribution in [0.1, 0.15) is 41.9 Å². The molecule has 0 aliphatic carbocycles. The van der Waals surface area contributed by atoms with Crippen molar-refractivity contribution in [1.82, 2.24) is 19.2 Å². The topological polar surface area (TPSA) is 84.3 Å². The molecule has 1 N–H and O–H groups in total. The number of nitrogens with zero attached hydrogens (tertiary/aromatic N) is 3. The molecule has 0 radical (unpaired) electrons. The van der Waals surface area contributed by atoms with Crippen LogP contribution in [-0.4, -0.2) is 47.8 Å². The highest BCUT2D eigenvalue weighted by atomic mass is 32.2.